The smallest absolute Gasteiger partial charge is 0.194 e. The summed E-state index contributed by atoms with van der Waals surface area (Å²) in [6, 6.07) is 1.74. The van der Waals surface area contributed by atoms with E-state index < -0.39 is 17.5 Å². The highest BCUT2D eigenvalue weighted by molar-refractivity contribution is 5.96. The maximum absolute atomic E-state index is 13.0. The van der Waals surface area contributed by atoms with Crippen LogP contribution in [0.15, 0.2) is 12.1 Å². The van der Waals surface area contributed by atoms with Gasteiger partial charge in [-0.3, -0.25) is 5.41 Å². The van der Waals surface area contributed by atoms with E-state index in [1.54, 1.807) is 4.90 Å². The number of hydrogen-bond acceptors (Lipinski definition) is 1. The second-order valence-electron chi connectivity index (χ2n) is 4.15. The third-order valence-electron chi connectivity index (χ3n) is 2.93. The van der Waals surface area contributed by atoms with E-state index in [2.05, 4.69) is 0 Å². The van der Waals surface area contributed by atoms with Gasteiger partial charge in [0.25, 0.3) is 0 Å². The molecule has 0 saturated carbocycles. The van der Waals surface area contributed by atoms with Crippen molar-refractivity contribution in [3.63, 3.8) is 0 Å². The van der Waals surface area contributed by atoms with Crippen LogP contribution in [0, 0.1) is 22.9 Å². The minimum atomic E-state index is -1.49. The number of hydrogen-bond donors (Lipinski definition) is 1. The summed E-state index contributed by atoms with van der Waals surface area (Å²) in [5, 5.41) is 7.86. The Morgan fingerprint density at radius 2 is 1.53 bits per heavy atom. The standard InChI is InChI=1S/C12H13F3N2/c13-9-6-8(7-10(14)11(9)15)12(16)17-4-2-1-3-5-17/h6-7,16H,1-5H2. The van der Waals surface area contributed by atoms with E-state index in [0.717, 1.165) is 31.4 Å². The lowest BCUT2D eigenvalue weighted by atomic mass is 10.1. The first-order valence-electron chi connectivity index (χ1n) is 5.58. The monoisotopic (exact) mass is 242 g/mol. The van der Waals surface area contributed by atoms with Crippen LogP contribution >= 0.6 is 0 Å². The van der Waals surface area contributed by atoms with Crippen molar-refractivity contribution in [2.24, 2.45) is 0 Å². The number of piperidine rings is 1. The average Bonchev–Trinajstić information content (AvgIpc) is 2.35. The molecule has 17 heavy (non-hydrogen) atoms. The molecule has 1 saturated heterocycles. The Morgan fingerprint density at radius 1 is 1.00 bits per heavy atom. The molecule has 1 aromatic rings. The number of nitrogens with one attached hydrogen (secondary N) is 1. The SMILES string of the molecule is N=C(c1cc(F)c(F)c(F)c1)N1CCCCC1. The molecule has 0 spiro atoms. The molecule has 1 aromatic carbocycles. The van der Waals surface area contributed by atoms with E-state index in [1.807, 2.05) is 0 Å². The molecule has 0 aliphatic carbocycles. The molecule has 0 atom stereocenters. The summed E-state index contributed by atoms with van der Waals surface area (Å²) in [7, 11) is 0. The summed E-state index contributed by atoms with van der Waals surface area (Å²) in [6.45, 7) is 1.42. The van der Waals surface area contributed by atoms with Crippen molar-refractivity contribution < 1.29 is 13.2 Å². The molecular formula is C12H13F3N2. The summed E-state index contributed by atoms with van der Waals surface area (Å²) in [5.74, 6) is -3.92. The van der Waals surface area contributed by atoms with Gasteiger partial charge in [0.15, 0.2) is 17.5 Å². The third-order valence-corrected chi connectivity index (χ3v) is 2.93. The lowest BCUT2D eigenvalue weighted by molar-refractivity contribution is 0.340. The van der Waals surface area contributed by atoms with Crippen molar-refractivity contribution in [2.75, 3.05) is 13.1 Å². The van der Waals surface area contributed by atoms with Crippen molar-refractivity contribution in [1.29, 1.82) is 5.41 Å². The Kier molecular flexibility index (Phi) is 3.36. The van der Waals surface area contributed by atoms with Crippen LogP contribution < -0.4 is 0 Å². The zero-order valence-corrected chi connectivity index (χ0v) is 9.27. The first-order valence-corrected chi connectivity index (χ1v) is 5.58. The molecule has 0 bridgehead atoms. The lowest BCUT2D eigenvalue weighted by Gasteiger charge is -2.29. The van der Waals surface area contributed by atoms with Gasteiger partial charge in [0, 0.05) is 18.7 Å². The lowest BCUT2D eigenvalue weighted by Crippen LogP contribution is -2.35. The molecule has 2 rings (SSSR count). The van der Waals surface area contributed by atoms with Gasteiger partial charge < -0.3 is 4.90 Å². The van der Waals surface area contributed by atoms with Gasteiger partial charge >= 0.3 is 0 Å². The summed E-state index contributed by atoms with van der Waals surface area (Å²) in [4.78, 5) is 1.76. The summed E-state index contributed by atoms with van der Waals surface area (Å²) in [6.07, 6.45) is 3.04. The highest BCUT2D eigenvalue weighted by Crippen LogP contribution is 2.17. The van der Waals surface area contributed by atoms with E-state index in [1.165, 1.54) is 0 Å². The fraction of sp³-hybridized carbons (Fsp3) is 0.417. The van der Waals surface area contributed by atoms with Crippen LogP contribution in [0.25, 0.3) is 0 Å². The zero-order chi connectivity index (χ0) is 12.4. The van der Waals surface area contributed by atoms with E-state index in [9.17, 15) is 13.2 Å². The Labute approximate surface area is 97.6 Å². The molecule has 1 N–H and O–H groups in total. The Bertz CT molecular complexity index is 416. The number of amidine groups is 1. The third kappa shape index (κ3) is 2.43. The molecule has 0 amide bonds. The number of rotatable bonds is 1. The Balaban J connectivity index is 2.24. The topological polar surface area (TPSA) is 27.1 Å². The van der Waals surface area contributed by atoms with Gasteiger partial charge in [0.2, 0.25) is 0 Å². The van der Waals surface area contributed by atoms with Gasteiger partial charge in [-0.25, -0.2) is 13.2 Å². The normalized spacial score (nSPS) is 16.1. The molecule has 2 nitrogen and oxygen atoms in total. The van der Waals surface area contributed by atoms with Crippen LogP contribution in [-0.2, 0) is 0 Å². The number of nitrogens with zero attached hydrogens (tertiary/aromatic N) is 1. The van der Waals surface area contributed by atoms with Crippen LogP contribution in [0.5, 0.6) is 0 Å². The minimum Gasteiger partial charge on any atom is -0.357 e. The van der Waals surface area contributed by atoms with Crippen molar-refractivity contribution in [3.05, 3.63) is 35.1 Å². The molecule has 1 aliphatic rings. The molecular weight excluding hydrogens is 229 g/mol. The van der Waals surface area contributed by atoms with Gasteiger partial charge in [-0.15, -0.1) is 0 Å². The second-order valence-corrected chi connectivity index (χ2v) is 4.15. The molecule has 0 unspecified atom stereocenters. The Morgan fingerprint density at radius 3 is 2.06 bits per heavy atom. The van der Waals surface area contributed by atoms with E-state index in [4.69, 9.17) is 5.41 Å². The quantitative estimate of drug-likeness (QED) is 0.457. The maximum atomic E-state index is 13.0. The molecule has 92 valence electrons. The van der Waals surface area contributed by atoms with Gasteiger partial charge in [0.1, 0.15) is 5.84 Å². The van der Waals surface area contributed by atoms with Crippen LogP contribution in [0.4, 0.5) is 13.2 Å². The van der Waals surface area contributed by atoms with Gasteiger partial charge in [0.05, 0.1) is 0 Å². The zero-order valence-electron chi connectivity index (χ0n) is 9.27. The van der Waals surface area contributed by atoms with Crippen LogP contribution in [0.2, 0.25) is 0 Å². The van der Waals surface area contributed by atoms with E-state index >= 15 is 0 Å². The first kappa shape index (κ1) is 12.0. The van der Waals surface area contributed by atoms with Crippen LogP contribution in [-0.4, -0.2) is 23.8 Å². The number of halogens is 3. The molecule has 1 fully saturated rings. The van der Waals surface area contributed by atoms with Crippen molar-refractivity contribution in [1.82, 2.24) is 4.90 Å². The maximum Gasteiger partial charge on any atom is 0.194 e. The summed E-state index contributed by atoms with van der Waals surface area (Å²) < 4.78 is 38.9. The predicted octanol–water partition coefficient (Wildman–Crippen LogP) is 2.92. The molecule has 0 radical (unpaired) electrons. The van der Waals surface area contributed by atoms with Crippen molar-refractivity contribution in [2.45, 2.75) is 19.3 Å². The predicted molar refractivity (Wildman–Crippen MR) is 58.6 cm³/mol. The highest BCUT2D eigenvalue weighted by atomic mass is 19.2. The summed E-state index contributed by atoms with van der Waals surface area (Å²) in [5.41, 5.74) is 0.0864. The largest absolute Gasteiger partial charge is 0.357 e. The highest BCUT2D eigenvalue weighted by Gasteiger charge is 2.18. The molecule has 5 heteroatoms. The minimum absolute atomic E-state index is 0.0579. The van der Waals surface area contributed by atoms with Crippen LogP contribution in [0.3, 0.4) is 0 Å². The van der Waals surface area contributed by atoms with E-state index in [0.29, 0.717) is 13.1 Å². The fourth-order valence-corrected chi connectivity index (χ4v) is 1.99. The molecule has 1 heterocycles. The van der Waals surface area contributed by atoms with Crippen molar-refractivity contribution in [3.8, 4) is 0 Å². The number of likely N-dealkylation sites (tertiary alicyclic amines) is 1. The number of benzene rings is 1. The molecule has 1 aliphatic heterocycles. The summed E-state index contributed by atoms with van der Waals surface area (Å²) >= 11 is 0. The second kappa shape index (κ2) is 4.77. The van der Waals surface area contributed by atoms with Crippen molar-refractivity contribution >= 4 is 5.84 Å². The van der Waals surface area contributed by atoms with Crippen LogP contribution in [0.1, 0.15) is 24.8 Å². The average molecular weight is 242 g/mol. The molecule has 0 aromatic heterocycles. The van der Waals surface area contributed by atoms with E-state index in [-0.39, 0.29) is 11.4 Å². The van der Waals surface area contributed by atoms with Gasteiger partial charge in [-0.05, 0) is 31.4 Å². The fourth-order valence-electron chi connectivity index (χ4n) is 1.99. The first-order chi connectivity index (χ1) is 8.09. The Hall–Kier alpha value is -1.52. The van der Waals surface area contributed by atoms with Gasteiger partial charge in [-0.1, -0.05) is 0 Å². The van der Waals surface area contributed by atoms with Gasteiger partial charge in [-0.2, -0.15) is 0 Å².